The standard InChI is InChI=1S/C21H28N6O/c1-4-6-15(12-22-2)24-19-8-5-7-16(25-19)17-13-23-20-11-18(28-3)21(14-9-10-14)26-27(17)20/h5,7-8,11,13-15,22H,4,6,9-10,12H2,1-3H3,(H,24,25). The largest absolute Gasteiger partial charge is 0.495 e. The monoisotopic (exact) mass is 380 g/mol. The molecule has 0 spiro atoms. The molecule has 7 nitrogen and oxygen atoms in total. The lowest BCUT2D eigenvalue weighted by atomic mass is 10.1. The Morgan fingerprint density at radius 1 is 1.32 bits per heavy atom. The van der Waals surface area contributed by atoms with Gasteiger partial charge in [-0.2, -0.15) is 5.10 Å². The quantitative estimate of drug-likeness (QED) is 0.592. The summed E-state index contributed by atoms with van der Waals surface area (Å²) < 4.78 is 7.42. The minimum absolute atomic E-state index is 0.351. The van der Waals surface area contributed by atoms with Gasteiger partial charge in [0.15, 0.2) is 5.65 Å². The molecule has 1 aliphatic carbocycles. The number of hydrogen-bond acceptors (Lipinski definition) is 6. The van der Waals surface area contributed by atoms with Crippen molar-refractivity contribution in [3.05, 3.63) is 36.2 Å². The van der Waals surface area contributed by atoms with E-state index in [-0.39, 0.29) is 0 Å². The van der Waals surface area contributed by atoms with Crippen molar-refractivity contribution in [2.24, 2.45) is 0 Å². The second-order valence-electron chi connectivity index (χ2n) is 7.38. The topological polar surface area (TPSA) is 76.4 Å². The minimum atomic E-state index is 0.351. The summed E-state index contributed by atoms with van der Waals surface area (Å²) in [6.45, 7) is 3.10. The molecule has 3 aromatic rings. The third-order valence-corrected chi connectivity index (χ3v) is 5.12. The molecule has 3 heterocycles. The molecule has 1 unspecified atom stereocenters. The highest BCUT2D eigenvalue weighted by atomic mass is 16.5. The molecule has 148 valence electrons. The molecule has 1 atom stereocenters. The minimum Gasteiger partial charge on any atom is -0.495 e. The Bertz CT molecular complexity index is 943. The number of ether oxygens (including phenoxy) is 1. The molecule has 1 saturated carbocycles. The van der Waals surface area contributed by atoms with Crippen molar-refractivity contribution in [2.75, 3.05) is 26.0 Å². The van der Waals surface area contributed by atoms with Crippen LogP contribution in [0.5, 0.6) is 5.75 Å². The Labute approximate surface area is 165 Å². The van der Waals surface area contributed by atoms with E-state index in [1.54, 1.807) is 7.11 Å². The van der Waals surface area contributed by atoms with E-state index in [9.17, 15) is 0 Å². The molecule has 0 amide bonds. The first-order chi connectivity index (χ1) is 13.7. The van der Waals surface area contributed by atoms with Gasteiger partial charge in [0.05, 0.1) is 19.0 Å². The number of rotatable bonds is 9. The van der Waals surface area contributed by atoms with E-state index in [0.29, 0.717) is 12.0 Å². The number of hydrogen-bond donors (Lipinski definition) is 2. The highest BCUT2D eigenvalue weighted by Crippen LogP contribution is 2.43. The molecule has 2 N–H and O–H groups in total. The fourth-order valence-electron chi connectivity index (χ4n) is 3.58. The number of imidazole rings is 1. The van der Waals surface area contributed by atoms with Crippen molar-refractivity contribution in [1.82, 2.24) is 24.9 Å². The van der Waals surface area contributed by atoms with Crippen LogP contribution in [0.15, 0.2) is 30.5 Å². The predicted molar refractivity (Wildman–Crippen MR) is 111 cm³/mol. The van der Waals surface area contributed by atoms with Gasteiger partial charge in [0.25, 0.3) is 0 Å². The third kappa shape index (κ3) is 3.80. The third-order valence-electron chi connectivity index (χ3n) is 5.12. The molecule has 1 fully saturated rings. The van der Waals surface area contributed by atoms with Crippen molar-refractivity contribution in [1.29, 1.82) is 0 Å². The zero-order valence-corrected chi connectivity index (χ0v) is 16.8. The van der Waals surface area contributed by atoms with Crippen LogP contribution in [0.3, 0.4) is 0 Å². The van der Waals surface area contributed by atoms with Gasteiger partial charge < -0.3 is 15.4 Å². The lowest BCUT2D eigenvalue weighted by Gasteiger charge is -2.18. The maximum atomic E-state index is 5.53. The van der Waals surface area contributed by atoms with E-state index in [1.165, 1.54) is 12.8 Å². The number of nitrogens with one attached hydrogen (secondary N) is 2. The van der Waals surface area contributed by atoms with Gasteiger partial charge >= 0.3 is 0 Å². The van der Waals surface area contributed by atoms with E-state index in [2.05, 4.69) is 22.5 Å². The Morgan fingerprint density at radius 3 is 2.89 bits per heavy atom. The molecule has 0 saturated heterocycles. The summed E-state index contributed by atoms with van der Waals surface area (Å²) in [5.41, 5.74) is 3.54. The second-order valence-corrected chi connectivity index (χ2v) is 7.38. The number of aromatic nitrogens is 4. The fraction of sp³-hybridized carbons (Fsp3) is 0.476. The smallest absolute Gasteiger partial charge is 0.157 e. The molecule has 0 aliphatic heterocycles. The van der Waals surface area contributed by atoms with Crippen LogP contribution in [0.4, 0.5) is 5.82 Å². The van der Waals surface area contributed by atoms with Gasteiger partial charge in [-0.25, -0.2) is 14.5 Å². The highest BCUT2D eigenvalue weighted by Gasteiger charge is 2.29. The average molecular weight is 380 g/mol. The van der Waals surface area contributed by atoms with E-state index in [4.69, 9.17) is 14.8 Å². The number of nitrogens with zero attached hydrogens (tertiary/aromatic N) is 4. The van der Waals surface area contributed by atoms with Crippen molar-refractivity contribution in [3.8, 4) is 17.1 Å². The molecular weight excluding hydrogens is 352 g/mol. The van der Waals surface area contributed by atoms with Crippen LogP contribution in [-0.4, -0.2) is 46.3 Å². The molecule has 7 heteroatoms. The lowest BCUT2D eigenvalue weighted by molar-refractivity contribution is 0.405. The normalized spacial score (nSPS) is 15.0. The molecular formula is C21H28N6O. The van der Waals surface area contributed by atoms with Crippen molar-refractivity contribution in [3.63, 3.8) is 0 Å². The summed E-state index contributed by atoms with van der Waals surface area (Å²) in [5.74, 6) is 2.19. The van der Waals surface area contributed by atoms with E-state index >= 15 is 0 Å². The summed E-state index contributed by atoms with van der Waals surface area (Å²) in [5, 5.41) is 11.6. The molecule has 0 bridgehead atoms. The zero-order chi connectivity index (χ0) is 19.5. The number of methoxy groups -OCH3 is 1. The van der Waals surface area contributed by atoms with Gasteiger partial charge in [-0.05, 0) is 38.4 Å². The van der Waals surface area contributed by atoms with Crippen molar-refractivity contribution >= 4 is 11.5 Å². The van der Waals surface area contributed by atoms with Crippen LogP contribution in [0.2, 0.25) is 0 Å². The number of anilines is 1. The summed E-state index contributed by atoms with van der Waals surface area (Å²) in [6.07, 6.45) is 6.39. The second kappa shape index (κ2) is 8.14. The Hall–Kier alpha value is -2.67. The fourth-order valence-corrected chi connectivity index (χ4v) is 3.58. The summed E-state index contributed by atoms with van der Waals surface area (Å²) in [7, 11) is 3.67. The van der Waals surface area contributed by atoms with Crippen LogP contribution in [0.25, 0.3) is 17.0 Å². The van der Waals surface area contributed by atoms with Crippen molar-refractivity contribution in [2.45, 2.75) is 44.6 Å². The zero-order valence-electron chi connectivity index (χ0n) is 16.8. The van der Waals surface area contributed by atoms with Crippen LogP contribution >= 0.6 is 0 Å². The molecule has 3 aromatic heterocycles. The number of fused-ring (bicyclic) bond motifs is 1. The van der Waals surface area contributed by atoms with Crippen LogP contribution in [0.1, 0.15) is 44.2 Å². The highest BCUT2D eigenvalue weighted by molar-refractivity contribution is 5.62. The van der Waals surface area contributed by atoms with E-state index in [0.717, 1.165) is 53.7 Å². The van der Waals surface area contributed by atoms with E-state index < -0.39 is 0 Å². The average Bonchev–Trinajstić information content (AvgIpc) is 3.47. The van der Waals surface area contributed by atoms with Gasteiger partial charge in [0, 0.05) is 24.6 Å². The first-order valence-corrected chi connectivity index (χ1v) is 10.0. The van der Waals surface area contributed by atoms with E-state index in [1.807, 2.05) is 42.0 Å². The van der Waals surface area contributed by atoms with Crippen LogP contribution in [-0.2, 0) is 0 Å². The predicted octanol–water partition coefficient (Wildman–Crippen LogP) is 3.48. The number of pyridine rings is 1. The van der Waals surface area contributed by atoms with Gasteiger partial charge in [-0.15, -0.1) is 0 Å². The maximum absolute atomic E-state index is 5.53. The van der Waals surface area contributed by atoms with Gasteiger partial charge in [-0.3, -0.25) is 0 Å². The maximum Gasteiger partial charge on any atom is 0.157 e. The Kier molecular flexibility index (Phi) is 5.43. The number of likely N-dealkylation sites (N-methyl/N-ethyl adjacent to an activating group) is 1. The van der Waals surface area contributed by atoms with Gasteiger partial charge in [0.1, 0.15) is 23.0 Å². The first kappa shape index (κ1) is 18.7. The first-order valence-electron chi connectivity index (χ1n) is 10.0. The lowest BCUT2D eigenvalue weighted by Crippen LogP contribution is -2.31. The Morgan fingerprint density at radius 2 is 2.18 bits per heavy atom. The molecule has 4 rings (SSSR count). The Balaban J connectivity index is 1.67. The SMILES string of the molecule is CCCC(CNC)Nc1cccc(-c2cnc3cc(OC)c(C4CC4)nn23)n1. The molecule has 1 aliphatic rings. The summed E-state index contributed by atoms with van der Waals surface area (Å²) >= 11 is 0. The van der Waals surface area contributed by atoms with Crippen LogP contribution < -0.4 is 15.4 Å². The van der Waals surface area contributed by atoms with Crippen LogP contribution in [0, 0.1) is 0 Å². The summed E-state index contributed by atoms with van der Waals surface area (Å²) in [6, 6.07) is 8.36. The van der Waals surface area contributed by atoms with Crippen molar-refractivity contribution < 1.29 is 4.74 Å². The molecule has 28 heavy (non-hydrogen) atoms. The summed E-state index contributed by atoms with van der Waals surface area (Å²) in [4.78, 5) is 9.36. The van der Waals surface area contributed by atoms with Gasteiger partial charge in [0.2, 0.25) is 0 Å². The van der Waals surface area contributed by atoms with Gasteiger partial charge in [-0.1, -0.05) is 19.4 Å². The molecule has 0 radical (unpaired) electrons. The molecule has 0 aromatic carbocycles.